The van der Waals surface area contributed by atoms with Crippen LogP contribution in [-0.4, -0.2) is 33.9 Å². The van der Waals surface area contributed by atoms with Crippen molar-refractivity contribution in [2.75, 3.05) is 0 Å². The first kappa shape index (κ1) is 37.6. The van der Waals surface area contributed by atoms with Crippen molar-refractivity contribution in [1.29, 1.82) is 0 Å². The topological polar surface area (TPSA) is 101 Å². The molecule has 7 aromatic rings. The number of benzene rings is 4. The standard InChI is InChI=1S/C48H35F3N4O3S/c1-28-7-13-31(14-8-28)44-36-19-21-38(52-36)45(32-15-9-29(2)10-16-32)40-23-25-42(54-40)47(34-5-4-6-35(27-34)58-59(56,57)48(49,50)51)43-26-24-41(55-43)46(39-22-20-37(44)53-39)33-17-11-30(3)12-18-33/h4-27,52,55H,1-3H3. The first-order valence-corrected chi connectivity index (χ1v) is 20.2. The summed E-state index contributed by atoms with van der Waals surface area (Å²) in [5.74, 6) is -0.495. The van der Waals surface area contributed by atoms with E-state index in [1.54, 1.807) is 6.07 Å². The minimum Gasteiger partial charge on any atom is -0.376 e. The number of aromatic nitrogens is 4. The zero-order valence-electron chi connectivity index (χ0n) is 32.0. The van der Waals surface area contributed by atoms with Crippen LogP contribution in [0.3, 0.4) is 0 Å². The first-order chi connectivity index (χ1) is 28.3. The van der Waals surface area contributed by atoms with Crippen molar-refractivity contribution in [1.82, 2.24) is 19.9 Å². The summed E-state index contributed by atoms with van der Waals surface area (Å²) in [5.41, 5.74) is 9.56. The maximum absolute atomic E-state index is 13.4. The van der Waals surface area contributed by atoms with Gasteiger partial charge < -0.3 is 14.2 Å². The van der Waals surface area contributed by atoms with Gasteiger partial charge >= 0.3 is 15.6 Å². The highest BCUT2D eigenvalue weighted by molar-refractivity contribution is 7.88. The highest BCUT2D eigenvalue weighted by Gasteiger charge is 2.48. The third-order valence-corrected chi connectivity index (χ3v) is 11.4. The molecular weight excluding hydrogens is 770 g/mol. The van der Waals surface area contributed by atoms with Crippen LogP contribution >= 0.6 is 0 Å². The maximum Gasteiger partial charge on any atom is 0.534 e. The molecule has 292 valence electrons. The molecular formula is C48H35F3N4O3S. The second-order valence-electron chi connectivity index (χ2n) is 14.6. The Balaban J connectivity index is 1.42. The summed E-state index contributed by atoms with van der Waals surface area (Å²) >= 11 is 0. The van der Waals surface area contributed by atoms with Gasteiger partial charge in [-0.05, 0) is 104 Å². The van der Waals surface area contributed by atoms with Gasteiger partial charge in [0.05, 0.1) is 22.8 Å². The molecule has 0 amide bonds. The van der Waals surface area contributed by atoms with Crippen LogP contribution in [0.1, 0.15) is 39.5 Å². The van der Waals surface area contributed by atoms with Crippen LogP contribution in [-0.2, 0) is 10.1 Å². The molecule has 4 aromatic carbocycles. The monoisotopic (exact) mass is 804 g/mol. The van der Waals surface area contributed by atoms with Crippen molar-refractivity contribution in [2.24, 2.45) is 0 Å². The van der Waals surface area contributed by atoms with Crippen molar-refractivity contribution >= 4 is 56.5 Å². The number of halogens is 3. The Morgan fingerprint density at radius 1 is 0.475 bits per heavy atom. The van der Waals surface area contributed by atoms with Gasteiger partial charge in [-0.3, -0.25) is 0 Å². The summed E-state index contributed by atoms with van der Waals surface area (Å²) in [7, 11) is -5.93. The van der Waals surface area contributed by atoms with Gasteiger partial charge in [0, 0.05) is 44.3 Å². The van der Waals surface area contributed by atoms with E-state index in [9.17, 15) is 21.6 Å². The lowest BCUT2D eigenvalue weighted by Gasteiger charge is -2.11. The highest BCUT2D eigenvalue weighted by atomic mass is 32.2. The average Bonchev–Trinajstić information content (AvgIpc) is 4.04. The van der Waals surface area contributed by atoms with E-state index >= 15 is 0 Å². The zero-order chi connectivity index (χ0) is 41.1. The Hall–Kier alpha value is -6.98. The number of H-pyrrole nitrogens is 2. The molecule has 2 N–H and O–H groups in total. The van der Waals surface area contributed by atoms with E-state index in [1.165, 1.54) is 18.2 Å². The number of hydrogen-bond donors (Lipinski definition) is 2. The van der Waals surface area contributed by atoms with Crippen molar-refractivity contribution in [2.45, 2.75) is 26.3 Å². The molecule has 8 bridgehead atoms. The minimum absolute atomic E-state index is 0.376. The smallest absolute Gasteiger partial charge is 0.376 e. The van der Waals surface area contributed by atoms with Gasteiger partial charge in [-0.25, -0.2) is 9.97 Å². The van der Waals surface area contributed by atoms with E-state index in [-0.39, 0.29) is 0 Å². The number of fused-ring (bicyclic) bond motifs is 8. The van der Waals surface area contributed by atoms with Crippen LogP contribution < -0.4 is 4.18 Å². The quantitative estimate of drug-likeness (QED) is 0.129. The predicted molar refractivity (Wildman–Crippen MR) is 230 cm³/mol. The minimum atomic E-state index is -5.93. The fourth-order valence-electron chi connectivity index (χ4n) is 7.46. The van der Waals surface area contributed by atoms with Gasteiger partial charge in [0.15, 0.2) is 0 Å². The predicted octanol–water partition coefficient (Wildman–Crippen LogP) is 12.5. The molecule has 7 nitrogen and oxygen atoms in total. The Labute approximate surface area is 338 Å². The van der Waals surface area contributed by atoms with Crippen molar-refractivity contribution in [3.8, 4) is 50.3 Å². The van der Waals surface area contributed by atoms with Crippen LogP contribution in [0.5, 0.6) is 5.75 Å². The van der Waals surface area contributed by atoms with Crippen molar-refractivity contribution in [3.63, 3.8) is 0 Å². The van der Waals surface area contributed by atoms with E-state index in [2.05, 4.69) is 51.4 Å². The molecule has 2 aliphatic rings. The second-order valence-corrected chi connectivity index (χ2v) is 16.1. The molecule has 59 heavy (non-hydrogen) atoms. The molecule has 5 heterocycles. The number of hydrogen-bond acceptors (Lipinski definition) is 5. The van der Waals surface area contributed by atoms with Gasteiger partial charge in [0.1, 0.15) is 5.75 Å². The van der Waals surface area contributed by atoms with Crippen LogP contribution in [0.25, 0.3) is 90.9 Å². The molecule has 0 radical (unpaired) electrons. The van der Waals surface area contributed by atoms with E-state index < -0.39 is 21.4 Å². The van der Waals surface area contributed by atoms with Crippen LogP contribution in [0.15, 0.2) is 121 Å². The van der Waals surface area contributed by atoms with Crippen LogP contribution in [0.4, 0.5) is 13.2 Å². The molecule has 0 saturated carbocycles. The molecule has 0 aliphatic carbocycles. The summed E-state index contributed by atoms with van der Waals surface area (Å²) in [4.78, 5) is 17.8. The molecule has 2 aliphatic heterocycles. The summed E-state index contributed by atoms with van der Waals surface area (Å²) in [6.07, 6.45) is 7.78. The molecule has 11 heteroatoms. The summed E-state index contributed by atoms with van der Waals surface area (Å²) < 4.78 is 69.0. The summed E-state index contributed by atoms with van der Waals surface area (Å²) in [6, 6.07) is 38.1. The fraction of sp³-hybridized carbons (Fsp3) is 0.0833. The molecule has 9 rings (SSSR count). The van der Waals surface area contributed by atoms with Gasteiger partial charge in [0.2, 0.25) is 0 Å². The Kier molecular flexibility index (Phi) is 9.20. The molecule has 0 saturated heterocycles. The van der Waals surface area contributed by atoms with Gasteiger partial charge in [-0.2, -0.15) is 21.6 Å². The Morgan fingerprint density at radius 3 is 1.15 bits per heavy atom. The van der Waals surface area contributed by atoms with Gasteiger partial charge in [0.25, 0.3) is 0 Å². The van der Waals surface area contributed by atoms with Crippen molar-refractivity contribution < 1.29 is 25.8 Å². The van der Waals surface area contributed by atoms with E-state index in [1.807, 2.05) is 105 Å². The lowest BCUT2D eigenvalue weighted by Crippen LogP contribution is -2.28. The molecule has 3 aromatic heterocycles. The maximum atomic E-state index is 13.4. The fourth-order valence-corrected chi connectivity index (χ4v) is 7.91. The lowest BCUT2D eigenvalue weighted by atomic mass is 10.0. The van der Waals surface area contributed by atoms with Crippen LogP contribution in [0.2, 0.25) is 0 Å². The lowest BCUT2D eigenvalue weighted by molar-refractivity contribution is -0.0500. The van der Waals surface area contributed by atoms with E-state index in [0.29, 0.717) is 28.0 Å². The van der Waals surface area contributed by atoms with Crippen molar-refractivity contribution in [3.05, 3.63) is 161 Å². The highest BCUT2D eigenvalue weighted by Crippen LogP contribution is 2.39. The number of aromatic amines is 2. The molecule has 0 spiro atoms. The first-order valence-electron chi connectivity index (χ1n) is 18.8. The molecule has 0 fully saturated rings. The van der Waals surface area contributed by atoms with Gasteiger partial charge in [-0.15, -0.1) is 0 Å². The summed E-state index contributed by atoms with van der Waals surface area (Å²) in [6.45, 7) is 6.10. The SMILES string of the molecule is Cc1ccc(-c2c3nc(c(-c4ccc(C)cc4)c4ccc([nH]4)c(-c4cccc(OS(=O)(=O)C(F)(F)F)c4)c4nc(c(-c5ccc(C)cc5)c5ccc2[nH]5)C=C4)C=C3)cc1. The number of rotatable bonds is 6. The number of aryl methyl sites for hydroxylation is 3. The third-order valence-electron chi connectivity index (χ3n) is 10.4. The number of nitrogens with zero attached hydrogens (tertiary/aromatic N) is 2. The zero-order valence-corrected chi connectivity index (χ0v) is 32.8. The molecule has 0 atom stereocenters. The Bertz CT molecular complexity index is 3100. The van der Waals surface area contributed by atoms with E-state index in [4.69, 9.17) is 9.97 Å². The largest absolute Gasteiger partial charge is 0.534 e. The van der Waals surface area contributed by atoms with Gasteiger partial charge in [-0.1, -0.05) is 102 Å². The number of alkyl halides is 3. The second kappa shape index (κ2) is 14.4. The molecule has 0 unspecified atom stereocenters. The summed E-state index contributed by atoms with van der Waals surface area (Å²) in [5, 5.41) is 0. The van der Waals surface area contributed by atoms with E-state index in [0.717, 1.165) is 78.0 Å². The normalized spacial score (nSPS) is 12.6. The third kappa shape index (κ3) is 7.14. The van der Waals surface area contributed by atoms with Crippen LogP contribution in [0, 0.1) is 20.8 Å². The Morgan fingerprint density at radius 2 is 0.814 bits per heavy atom. The number of nitrogens with one attached hydrogen (secondary N) is 2. The average molecular weight is 805 g/mol.